The number of nitrogens with zero attached hydrogens (tertiary/aromatic N) is 2. The minimum atomic E-state index is -0.593. The molecule has 144 valence electrons. The van der Waals surface area contributed by atoms with Gasteiger partial charge in [0.25, 0.3) is 0 Å². The lowest BCUT2D eigenvalue weighted by atomic mass is 10.2. The van der Waals surface area contributed by atoms with Crippen LogP contribution in [0.2, 0.25) is 0 Å². The summed E-state index contributed by atoms with van der Waals surface area (Å²) in [5.41, 5.74) is 1.22. The number of nitrogens with one attached hydrogen (secondary N) is 2. The topological polar surface area (TPSA) is 112 Å². The molecule has 9 heteroatoms. The normalized spacial score (nSPS) is 17.7. The van der Waals surface area contributed by atoms with Crippen molar-refractivity contribution in [3.05, 3.63) is 54.1 Å². The Hall–Kier alpha value is -3.33. The molecule has 1 unspecified atom stereocenters. The number of carbonyl (C=O) groups excluding carboxylic acids is 2. The first kappa shape index (κ1) is 19.4. The van der Waals surface area contributed by atoms with Crippen molar-refractivity contribution in [1.82, 2.24) is 5.32 Å². The van der Waals surface area contributed by atoms with Gasteiger partial charge in [-0.1, -0.05) is 36.0 Å². The first-order valence-electron chi connectivity index (χ1n) is 8.35. The Balaban J connectivity index is 1.57. The van der Waals surface area contributed by atoms with Crippen molar-refractivity contribution >= 4 is 40.6 Å². The van der Waals surface area contributed by atoms with Crippen LogP contribution < -0.4 is 15.4 Å². The van der Waals surface area contributed by atoms with Crippen LogP contribution in [0.5, 0.6) is 11.5 Å². The van der Waals surface area contributed by atoms with Crippen molar-refractivity contribution < 1.29 is 19.4 Å². The second-order valence-corrected chi connectivity index (χ2v) is 6.98. The Morgan fingerprint density at radius 3 is 2.93 bits per heavy atom. The summed E-state index contributed by atoms with van der Waals surface area (Å²) in [6.07, 6.45) is 1.45. The van der Waals surface area contributed by atoms with Crippen molar-refractivity contribution in [2.75, 3.05) is 12.4 Å². The molecule has 0 radical (unpaired) electrons. The summed E-state index contributed by atoms with van der Waals surface area (Å²) >= 11 is 1.14. The standard InChI is InChI=1S/C19H18N4O4S/c1-27-15-8-3-2-7-14(15)21-17(25)10-16-18(26)22-19(28-16)23-20-11-12-5-4-6-13(24)9-12/h2-9,11,16,24H,10H2,1H3,(H,21,25)(H,22,23,26). The number of amidine groups is 1. The molecule has 1 fully saturated rings. The van der Waals surface area contributed by atoms with Crippen LogP contribution in [0.25, 0.3) is 0 Å². The van der Waals surface area contributed by atoms with Gasteiger partial charge >= 0.3 is 0 Å². The number of benzene rings is 2. The molecule has 1 heterocycles. The van der Waals surface area contributed by atoms with Gasteiger partial charge in [0, 0.05) is 6.42 Å². The Labute approximate surface area is 165 Å². The van der Waals surface area contributed by atoms with Crippen LogP contribution in [0.1, 0.15) is 12.0 Å². The van der Waals surface area contributed by atoms with Crippen LogP contribution in [0, 0.1) is 0 Å². The first-order chi connectivity index (χ1) is 13.5. The maximum absolute atomic E-state index is 12.3. The number of aromatic hydroxyl groups is 1. The van der Waals surface area contributed by atoms with E-state index in [0.717, 1.165) is 11.8 Å². The molecule has 0 spiro atoms. The monoisotopic (exact) mass is 398 g/mol. The van der Waals surface area contributed by atoms with E-state index in [1.165, 1.54) is 19.4 Å². The third-order valence-electron chi connectivity index (χ3n) is 3.75. The highest BCUT2D eigenvalue weighted by Crippen LogP contribution is 2.26. The van der Waals surface area contributed by atoms with Crippen LogP contribution in [-0.2, 0) is 9.59 Å². The van der Waals surface area contributed by atoms with E-state index in [1.807, 2.05) is 0 Å². The SMILES string of the molecule is COc1ccccc1NC(=O)CC1S/C(=N/N=Cc2cccc(O)c2)NC1=O. The smallest absolute Gasteiger partial charge is 0.240 e. The Kier molecular flexibility index (Phi) is 6.28. The Morgan fingerprint density at radius 1 is 1.32 bits per heavy atom. The summed E-state index contributed by atoms with van der Waals surface area (Å²) < 4.78 is 5.19. The lowest BCUT2D eigenvalue weighted by molar-refractivity contribution is -0.122. The van der Waals surface area contributed by atoms with Gasteiger partial charge in [-0.25, -0.2) is 0 Å². The van der Waals surface area contributed by atoms with Crippen LogP contribution >= 0.6 is 11.8 Å². The molecule has 28 heavy (non-hydrogen) atoms. The molecule has 1 atom stereocenters. The average molecular weight is 398 g/mol. The number of methoxy groups -OCH3 is 1. The van der Waals surface area contributed by atoms with Crippen LogP contribution in [-0.4, -0.2) is 40.7 Å². The lowest BCUT2D eigenvalue weighted by Crippen LogP contribution is -2.28. The quantitative estimate of drug-likeness (QED) is 0.511. The van der Waals surface area contributed by atoms with Gasteiger partial charge in [-0.3, -0.25) is 9.59 Å². The average Bonchev–Trinajstić information content (AvgIpc) is 3.01. The molecule has 1 saturated heterocycles. The maximum Gasteiger partial charge on any atom is 0.240 e. The number of ether oxygens (including phenoxy) is 1. The summed E-state index contributed by atoms with van der Waals surface area (Å²) in [6.45, 7) is 0. The predicted molar refractivity (Wildman–Crippen MR) is 109 cm³/mol. The van der Waals surface area contributed by atoms with Gasteiger partial charge in [0.1, 0.15) is 16.7 Å². The van der Waals surface area contributed by atoms with Gasteiger partial charge in [0.2, 0.25) is 11.8 Å². The molecule has 2 aromatic carbocycles. The molecule has 2 amide bonds. The summed E-state index contributed by atoms with van der Waals surface area (Å²) in [5, 5.41) is 22.3. The van der Waals surface area contributed by atoms with E-state index in [-0.39, 0.29) is 24.0 Å². The molecule has 0 aromatic heterocycles. The van der Waals surface area contributed by atoms with E-state index in [9.17, 15) is 14.7 Å². The third-order valence-corrected chi connectivity index (χ3v) is 4.83. The van der Waals surface area contributed by atoms with Gasteiger partial charge in [-0.15, -0.1) is 5.10 Å². The molecule has 0 saturated carbocycles. The Morgan fingerprint density at radius 2 is 2.14 bits per heavy atom. The van der Waals surface area contributed by atoms with Gasteiger partial charge in [-0.2, -0.15) is 5.10 Å². The van der Waals surface area contributed by atoms with Crippen molar-refractivity contribution in [1.29, 1.82) is 0 Å². The van der Waals surface area contributed by atoms with E-state index in [4.69, 9.17) is 4.74 Å². The summed E-state index contributed by atoms with van der Waals surface area (Å²) in [5.74, 6) is 0.0670. The van der Waals surface area contributed by atoms with Crippen LogP contribution in [0.3, 0.4) is 0 Å². The fourth-order valence-corrected chi connectivity index (χ4v) is 3.38. The maximum atomic E-state index is 12.3. The number of phenolic OH excluding ortho intramolecular Hbond substituents is 1. The highest BCUT2D eigenvalue weighted by Gasteiger charge is 2.32. The molecule has 8 nitrogen and oxygen atoms in total. The fourth-order valence-electron chi connectivity index (χ4n) is 2.46. The minimum Gasteiger partial charge on any atom is -0.508 e. The lowest BCUT2D eigenvalue weighted by Gasteiger charge is -2.10. The van der Waals surface area contributed by atoms with E-state index < -0.39 is 5.25 Å². The van der Waals surface area contributed by atoms with Crippen LogP contribution in [0.4, 0.5) is 5.69 Å². The summed E-state index contributed by atoms with van der Waals surface area (Å²) in [4.78, 5) is 24.3. The number of phenols is 1. The first-order valence-corrected chi connectivity index (χ1v) is 9.23. The highest BCUT2D eigenvalue weighted by molar-refractivity contribution is 8.15. The van der Waals surface area contributed by atoms with E-state index in [1.54, 1.807) is 42.5 Å². The molecule has 3 N–H and O–H groups in total. The molecular weight excluding hydrogens is 380 g/mol. The fraction of sp³-hybridized carbons (Fsp3) is 0.158. The second-order valence-electron chi connectivity index (χ2n) is 5.79. The van der Waals surface area contributed by atoms with Crippen LogP contribution in [0.15, 0.2) is 58.7 Å². The zero-order valence-electron chi connectivity index (χ0n) is 15.0. The van der Waals surface area contributed by atoms with E-state index in [2.05, 4.69) is 20.8 Å². The summed E-state index contributed by atoms with van der Waals surface area (Å²) in [6, 6.07) is 13.6. The zero-order valence-corrected chi connectivity index (χ0v) is 15.8. The van der Waals surface area contributed by atoms with Crippen molar-refractivity contribution in [2.45, 2.75) is 11.7 Å². The number of amides is 2. The third kappa shape index (κ3) is 5.10. The molecular formula is C19H18N4O4S. The molecule has 3 rings (SSSR count). The second kappa shape index (κ2) is 9.05. The van der Waals surface area contributed by atoms with Gasteiger partial charge in [0.15, 0.2) is 5.17 Å². The largest absolute Gasteiger partial charge is 0.508 e. The number of rotatable bonds is 6. The number of anilines is 1. The molecule has 1 aliphatic rings. The number of hydrogen-bond acceptors (Lipinski definition) is 7. The number of para-hydroxylation sites is 2. The molecule has 0 aliphatic carbocycles. The predicted octanol–water partition coefficient (Wildman–Crippen LogP) is 2.35. The van der Waals surface area contributed by atoms with Crippen molar-refractivity contribution in [2.24, 2.45) is 10.2 Å². The molecule has 0 bridgehead atoms. The van der Waals surface area contributed by atoms with Crippen molar-refractivity contribution in [3.63, 3.8) is 0 Å². The zero-order chi connectivity index (χ0) is 19.9. The van der Waals surface area contributed by atoms with Gasteiger partial charge in [-0.05, 0) is 29.8 Å². The molecule has 1 aliphatic heterocycles. The number of carbonyl (C=O) groups is 2. The Bertz CT molecular complexity index is 945. The number of thioether (sulfide) groups is 1. The summed E-state index contributed by atoms with van der Waals surface area (Å²) in [7, 11) is 1.52. The van der Waals surface area contributed by atoms with Gasteiger partial charge < -0.3 is 20.5 Å². The van der Waals surface area contributed by atoms with Crippen molar-refractivity contribution in [3.8, 4) is 11.5 Å². The minimum absolute atomic E-state index is 0.0101. The molecule has 2 aromatic rings. The van der Waals surface area contributed by atoms with E-state index in [0.29, 0.717) is 22.2 Å². The van der Waals surface area contributed by atoms with Gasteiger partial charge in [0.05, 0.1) is 19.0 Å². The highest BCUT2D eigenvalue weighted by atomic mass is 32.2. The number of hydrogen-bond donors (Lipinski definition) is 3. The van der Waals surface area contributed by atoms with E-state index >= 15 is 0 Å².